The van der Waals surface area contributed by atoms with Crippen LogP contribution < -0.4 is 10.6 Å². The lowest BCUT2D eigenvalue weighted by Gasteiger charge is -2.29. The highest BCUT2D eigenvalue weighted by molar-refractivity contribution is 5.93. The second-order valence-corrected chi connectivity index (χ2v) is 11.9. The second kappa shape index (κ2) is 20.9. The molecule has 1 fully saturated rings. The van der Waals surface area contributed by atoms with Crippen molar-refractivity contribution in [3.8, 4) is 11.5 Å². The van der Waals surface area contributed by atoms with Crippen molar-refractivity contribution in [1.82, 2.24) is 5.32 Å². The number of esters is 1. The van der Waals surface area contributed by atoms with Gasteiger partial charge in [-0.3, -0.25) is 9.59 Å². The zero-order valence-electron chi connectivity index (χ0n) is 28.3. The van der Waals surface area contributed by atoms with Crippen LogP contribution in [0.2, 0.25) is 0 Å². The van der Waals surface area contributed by atoms with Gasteiger partial charge in [-0.15, -0.1) is 0 Å². The van der Waals surface area contributed by atoms with E-state index in [2.05, 4.69) is 10.6 Å². The highest BCUT2D eigenvalue weighted by atomic mass is 16.5. The normalized spacial score (nSPS) is 17.3. The van der Waals surface area contributed by atoms with Crippen LogP contribution in [0.4, 0.5) is 5.69 Å². The zero-order chi connectivity index (χ0) is 34.8. The van der Waals surface area contributed by atoms with Crippen molar-refractivity contribution >= 4 is 29.5 Å². The fourth-order valence-corrected chi connectivity index (χ4v) is 5.20. The van der Waals surface area contributed by atoms with Gasteiger partial charge in [0, 0.05) is 37.0 Å². The molecule has 0 aromatic heterocycles. The molecule has 2 rings (SSSR count). The molecule has 5 N–H and O–H groups in total. The molecule has 4 atom stereocenters. The summed E-state index contributed by atoms with van der Waals surface area (Å²) in [6.07, 6.45) is 19.6. The number of carbonyl (C=O) groups is 3. The van der Waals surface area contributed by atoms with Crippen molar-refractivity contribution < 1.29 is 39.2 Å². The Morgan fingerprint density at radius 2 is 1.72 bits per heavy atom. The standard InChI is InChI=1S/C37H52N2O8/c1-6-7-8-9-10-14-20-32(47-37(45)27(4)38-36(44)28-17-12-11-13-18-28)26(3)34(42)25(2)16-15-19-29-23-30(40)24-31(35(29)43)39-33(41)21-22-46-5/h6-10,14-16,19,23-24,26-28,32,34,40,42-43H,11-13,17-18,20-22H2,1-5H3,(H,38,44)(H,39,41)/b7-6?,9-8?,14-10?,19-15?,25-16-. The van der Waals surface area contributed by atoms with Gasteiger partial charge in [-0.2, -0.15) is 0 Å². The predicted molar refractivity (Wildman–Crippen MR) is 185 cm³/mol. The summed E-state index contributed by atoms with van der Waals surface area (Å²) >= 11 is 0. The quantitative estimate of drug-likeness (QED) is 0.0585. The Morgan fingerprint density at radius 3 is 2.40 bits per heavy atom. The van der Waals surface area contributed by atoms with Crippen molar-refractivity contribution in [1.29, 1.82) is 0 Å². The van der Waals surface area contributed by atoms with E-state index in [4.69, 9.17) is 9.47 Å². The average molecular weight is 653 g/mol. The van der Waals surface area contributed by atoms with Crippen LogP contribution in [0.15, 0.2) is 66.3 Å². The molecule has 0 saturated heterocycles. The maximum Gasteiger partial charge on any atom is 0.328 e. The van der Waals surface area contributed by atoms with Gasteiger partial charge in [-0.1, -0.05) is 80.9 Å². The molecule has 0 aliphatic heterocycles. The van der Waals surface area contributed by atoms with Gasteiger partial charge in [0.15, 0.2) is 0 Å². The molecule has 1 aromatic carbocycles. The molecule has 0 radical (unpaired) electrons. The number of aliphatic hydroxyl groups is 1. The van der Waals surface area contributed by atoms with Gasteiger partial charge in [0.25, 0.3) is 0 Å². The van der Waals surface area contributed by atoms with Gasteiger partial charge in [0.2, 0.25) is 11.8 Å². The first-order valence-electron chi connectivity index (χ1n) is 16.3. The van der Waals surface area contributed by atoms with E-state index in [9.17, 15) is 29.7 Å². The number of amides is 2. The minimum absolute atomic E-state index is 0.0579. The Labute approximate surface area is 278 Å². The van der Waals surface area contributed by atoms with Crippen molar-refractivity contribution in [3.05, 3.63) is 71.9 Å². The van der Waals surface area contributed by atoms with Crippen LogP contribution in [-0.4, -0.2) is 65.1 Å². The number of phenols is 2. The Bertz CT molecular complexity index is 1320. The molecular formula is C37H52N2O8. The van der Waals surface area contributed by atoms with Crippen LogP contribution in [0.5, 0.6) is 11.5 Å². The lowest BCUT2D eigenvalue weighted by molar-refractivity contribution is -0.156. The van der Waals surface area contributed by atoms with Crippen LogP contribution in [-0.2, 0) is 23.9 Å². The van der Waals surface area contributed by atoms with Gasteiger partial charge < -0.3 is 35.4 Å². The lowest BCUT2D eigenvalue weighted by atomic mass is 9.88. The van der Waals surface area contributed by atoms with E-state index < -0.39 is 30.1 Å². The van der Waals surface area contributed by atoms with E-state index in [1.54, 1.807) is 32.9 Å². The number of methoxy groups -OCH3 is 1. The molecule has 0 spiro atoms. The number of ether oxygens (including phenoxy) is 2. The van der Waals surface area contributed by atoms with Crippen LogP contribution in [0.25, 0.3) is 6.08 Å². The molecule has 47 heavy (non-hydrogen) atoms. The van der Waals surface area contributed by atoms with Crippen LogP contribution in [0.1, 0.15) is 78.2 Å². The van der Waals surface area contributed by atoms with Gasteiger partial charge in [-0.05, 0) is 45.3 Å². The van der Waals surface area contributed by atoms with Crippen molar-refractivity contribution in [2.45, 2.75) is 90.9 Å². The maximum atomic E-state index is 13.1. The van der Waals surface area contributed by atoms with E-state index in [1.165, 1.54) is 25.3 Å². The molecule has 0 heterocycles. The van der Waals surface area contributed by atoms with Gasteiger partial charge >= 0.3 is 5.97 Å². The molecule has 1 aliphatic carbocycles. The fraction of sp³-hybridized carbons (Fsp3) is 0.486. The first kappa shape index (κ1) is 39.0. The molecule has 0 bridgehead atoms. The molecule has 258 valence electrons. The van der Waals surface area contributed by atoms with E-state index in [0.29, 0.717) is 12.0 Å². The first-order valence-corrected chi connectivity index (χ1v) is 16.3. The summed E-state index contributed by atoms with van der Waals surface area (Å²) < 4.78 is 10.8. The number of phenolic OH excluding ortho intramolecular Hbond substituents is 2. The number of allylic oxidation sites excluding steroid dienone is 7. The summed E-state index contributed by atoms with van der Waals surface area (Å²) in [6.45, 7) is 7.26. The van der Waals surface area contributed by atoms with Gasteiger partial charge in [-0.25, -0.2) is 4.79 Å². The number of anilines is 1. The molecule has 1 aromatic rings. The highest BCUT2D eigenvalue weighted by Gasteiger charge is 2.31. The molecule has 2 amide bonds. The molecule has 1 saturated carbocycles. The topological polar surface area (TPSA) is 154 Å². The summed E-state index contributed by atoms with van der Waals surface area (Å²) in [4.78, 5) is 37.9. The molecule has 10 heteroatoms. The number of benzene rings is 1. The Hall–Kier alpha value is -4.15. The third-order valence-corrected chi connectivity index (χ3v) is 8.10. The third kappa shape index (κ3) is 13.6. The van der Waals surface area contributed by atoms with E-state index in [1.807, 2.05) is 43.4 Å². The van der Waals surface area contributed by atoms with Crippen molar-refractivity contribution in [2.24, 2.45) is 11.8 Å². The molecule has 10 nitrogen and oxygen atoms in total. The number of rotatable bonds is 17. The van der Waals surface area contributed by atoms with Gasteiger partial charge in [0.1, 0.15) is 23.6 Å². The zero-order valence-corrected chi connectivity index (χ0v) is 28.3. The van der Waals surface area contributed by atoms with Crippen molar-refractivity contribution in [2.75, 3.05) is 19.0 Å². The van der Waals surface area contributed by atoms with E-state index in [-0.39, 0.29) is 53.5 Å². The summed E-state index contributed by atoms with van der Waals surface area (Å²) in [5, 5.41) is 37.4. The SMILES string of the molecule is CC=CC=CC=CCC(OC(=O)C(C)NC(=O)C1CCCCC1)C(C)C(O)/C(C)=C\C=Cc1cc(O)cc(NC(=O)CCOC)c1O. The Balaban J connectivity index is 2.17. The van der Waals surface area contributed by atoms with E-state index in [0.717, 1.165) is 32.1 Å². The number of aliphatic hydroxyl groups excluding tert-OH is 1. The summed E-state index contributed by atoms with van der Waals surface area (Å²) in [7, 11) is 1.48. The average Bonchev–Trinajstić information content (AvgIpc) is 3.06. The fourth-order valence-electron chi connectivity index (χ4n) is 5.20. The summed E-state index contributed by atoms with van der Waals surface area (Å²) in [5.74, 6) is -2.05. The number of nitrogens with one attached hydrogen (secondary N) is 2. The first-order chi connectivity index (χ1) is 22.5. The summed E-state index contributed by atoms with van der Waals surface area (Å²) in [5.41, 5.74) is 0.881. The monoisotopic (exact) mass is 652 g/mol. The number of carbonyl (C=O) groups excluding carboxylic acids is 3. The number of aromatic hydroxyl groups is 2. The Morgan fingerprint density at radius 1 is 1.02 bits per heavy atom. The number of hydrogen-bond donors (Lipinski definition) is 5. The lowest BCUT2D eigenvalue weighted by Crippen LogP contribution is -2.45. The minimum Gasteiger partial charge on any atom is -0.508 e. The largest absolute Gasteiger partial charge is 0.508 e. The molecule has 4 unspecified atom stereocenters. The third-order valence-electron chi connectivity index (χ3n) is 8.10. The summed E-state index contributed by atoms with van der Waals surface area (Å²) in [6, 6.07) is 1.76. The highest BCUT2D eigenvalue weighted by Crippen LogP contribution is 2.33. The van der Waals surface area contributed by atoms with Crippen LogP contribution in [0.3, 0.4) is 0 Å². The van der Waals surface area contributed by atoms with Crippen LogP contribution >= 0.6 is 0 Å². The number of hydrogen-bond acceptors (Lipinski definition) is 8. The van der Waals surface area contributed by atoms with Gasteiger partial charge in [0.05, 0.1) is 24.8 Å². The predicted octanol–water partition coefficient (Wildman–Crippen LogP) is 6.10. The smallest absolute Gasteiger partial charge is 0.328 e. The van der Waals surface area contributed by atoms with Crippen LogP contribution in [0, 0.1) is 11.8 Å². The minimum atomic E-state index is -0.995. The van der Waals surface area contributed by atoms with E-state index >= 15 is 0 Å². The maximum absolute atomic E-state index is 13.1. The molecular weight excluding hydrogens is 600 g/mol. The Kier molecular flexibility index (Phi) is 17.3. The van der Waals surface area contributed by atoms with Crippen molar-refractivity contribution in [3.63, 3.8) is 0 Å². The second-order valence-electron chi connectivity index (χ2n) is 11.9. The molecule has 1 aliphatic rings.